The number of carbonyl (C=O) groups is 1. The Bertz CT molecular complexity index is 949. The van der Waals surface area contributed by atoms with Gasteiger partial charge in [0.05, 0.1) is 35.7 Å². The van der Waals surface area contributed by atoms with Crippen LogP contribution in [0.3, 0.4) is 0 Å². The molecule has 0 atom stereocenters. The molecule has 0 aliphatic carbocycles. The molecule has 1 saturated heterocycles. The Hall–Kier alpha value is -3.01. The van der Waals surface area contributed by atoms with Crippen LogP contribution in [0.15, 0.2) is 54.6 Å². The number of alkyl halides is 6. The van der Waals surface area contributed by atoms with E-state index in [1.54, 1.807) is 4.90 Å². The number of ether oxygens (including phenoxy) is 1. The van der Waals surface area contributed by atoms with E-state index < -0.39 is 29.4 Å². The number of nitrogens with zero attached hydrogens (tertiary/aromatic N) is 1. The maximum absolute atomic E-state index is 13.5. The molecule has 31 heavy (non-hydrogen) atoms. The van der Waals surface area contributed by atoms with E-state index >= 15 is 0 Å². The van der Waals surface area contributed by atoms with Gasteiger partial charge in [0.25, 0.3) is 0 Å². The smallest absolute Gasteiger partial charge is 0.378 e. The molecule has 0 unspecified atom stereocenters. The number of hydrogen-bond acceptors (Lipinski definition) is 3. The summed E-state index contributed by atoms with van der Waals surface area (Å²) in [6.45, 7) is 1.39. The van der Waals surface area contributed by atoms with Gasteiger partial charge < -0.3 is 15.0 Å². The highest BCUT2D eigenvalue weighted by atomic mass is 19.4. The first-order valence-electron chi connectivity index (χ1n) is 9.25. The van der Waals surface area contributed by atoms with Crippen LogP contribution in [0.1, 0.15) is 11.1 Å². The van der Waals surface area contributed by atoms with Gasteiger partial charge in [0.1, 0.15) is 0 Å². The number of rotatable bonds is 4. The summed E-state index contributed by atoms with van der Waals surface area (Å²) in [5, 5.41) is 2.19. The average molecular weight is 444 g/mol. The Kier molecular flexibility index (Phi) is 6.59. The van der Waals surface area contributed by atoms with Gasteiger partial charge in [0.15, 0.2) is 0 Å². The molecule has 1 amide bonds. The fraction of sp³-hybridized carbons (Fsp3) is 0.286. The number of halogens is 6. The molecular weight excluding hydrogens is 426 g/mol. The molecule has 1 aliphatic rings. The van der Waals surface area contributed by atoms with Gasteiger partial charge in [-0.05, 0) is 23.8 Å². The molecule has 2 aromatic rings. The molecule has 166 valence electrons. The van der Waals surface area contributed by atoms with Gasteiger partial charge in [0.2, 0.25) is 5.91 Å². The first-order valence-corrected chi connectivity index (χ1v) is 9.25. The second kappa shape index (κ2) is 9.01. The third kappa shape index (κ3) is 5.78. The van der Waals surface area contributed by atoms with Crippen LogP contribution in [-0.4, -0.2) is 38.4 Å². The molecule has 0 spiro atoms. The summed E-state index contributed by atoms with van der Waals surface area (Å²) in [6.07, 6.45) is -9.17. The zero-order valence-corrected chi connectivity index (χ0v) is 16.1. The molecule has 1 heterocycles. The average Bonchev–Trinajstić information content (AvgIpc) is 2.72. The maximum Gasteiger partial charge on any atom is 0.417 e. The lowest BCUT2D eigenvalue weighted by Crippen LogP contribution is -2.36. The Morgan fingerprint density at radius 3 is 2.19 bits per heavy atom. The van der Waals surface area contributed by atoms with Crippen molar-refractivity contribution in [2.45, 2.75) is 12.4 Å². The lowest BCUT2D eigenvalue weighted by atomic mass is 10.0. The van der Waals surface area contributed by atoms with Gasteiger partial charge in [-0.2, -0.15) is 26.3 Å². The van der Waals surface area contributed by atoms with Crippen molar-refractivity contribution in [3.05, 3.63) is 65.7 Å². The summed E-state index contributed by atoms with van der Waals surface area (Å²) in [5.74, 6) is -1.19. The molecule has 1 N–H and O–H groups in total. The molecule has 0 aromatic heterocycles. The lowest BCUT2D eigenvalue weighted by Gasteiger charge is -2.31. The summed E-state index contributed by atoms with van der Waals surface area (Å²) in [7, 11) is 0. The second-order valence-electron chi connectivity index (χ2n) is 6.74. The fourth-order valence-corrected chi connectivity index (χ4v) is 3.14. The zero-order chi connectivity index (χ0) is 22.6. The number of hydrogen-bond donors (Lipinski definition) is 1. The summed E-state index contributed by atoms with van der Waals surface area (Å²) < 4.78 is 85.1. The zero-order valence-electron chi connectivity index (χ0n) is 16.1. The highest BCUT2D eigenvalue weighted by Crippen LogP contribution is 2.37. The van der Waals surface area contributed by atoms with Crippen LogP contribution < -0.4 is 10.2 Å². The van der Waals surface area contributed by atoms with E-state index in [9.17, 15) is 31.1 Å². The van der Waals surface area contributed by atoms with Crippen molar-refractivity contribution < 1.29 is 35.9 Å². The monoisotopic (exact) mass is 444 g/mol. The largest absolute Gasteiger partial charge is 0.417 e. The number of amides is 1. The Morgan fingerprint density at radius 2 is 1.61 bits per heavy atom. The minimum absolute atomic E-state index is 0.229. The Balaban J connectivity index is 1.97. The van der Waals surface area contributed by atoms with E-state index in [0.29, 0.717) is 38.4 Å². The van der Waals surface area contributed by atoms with E-state index in [2.05, 4.69) is 5.32 Å². The van der Waals surface area contributed by atoms with Crippen LogP contribution in [0.5, 0.6) is 0 Å². The van der Waals surface area contributed by atoms with Crippen molar-refractivity contribution in [1.82, 2.24) is 0 Å². The number of carbonyl (C=O) groups excluding carboxylic acids is 1. The highest BCUT2D eigenvalue weighted by Gasteiger charge is 2.36. The van der Waals surface area contributed by atoms with E-state index in [1.807, 2.05) is 0 Å². The Morgan fingerprint density at radius 1 is 0.968 bits per heavy atom. The summed E-state index contributed by atoms with van der Waals surface area (Å²) in [6, 6.07) is 9.44. The van der Waals surface area contributed by atoms with E-state index in [0.717, 1.165) is 6.07 Å². The highest BCUT2D eigenvalue weighted by molar-refractivity contribution is 6.06. The molecule has 0 radical (unpaired) electrons. The van der Waals surface area contributed by atoms with Gasteiger partial charge in [-0.15, -0.1) is 0 Å². The van der Waals surface area contributed by atoms with Crippen LogP contribution in [-0.2, 0) is 15.7 Å². The third-order valence-corrected chi connectivity index (χ3v) is 4.60. The van der Waals surface area contributed by atoms with Crippen molar-refractivity contribution in [3.63, 3.8) is 0 Å². The summed E-state index contributed by atoms with van der Waals surface area (Å²) >= 11 is 0. The van der Waals surface area contributed by atoms with Gasteiger partial charge in [-0.25, -0.2) is 0 Å². The summed E-state index contributed by atoms with van der Waals surface area (Å²) in [5.41, 5.74) is -2.42. The molecule has 10 heteroatoms. The molecular formula is C21H18F6N2O2. The lowest BCUT2D eigenvalue weighted by molar-refractivity contribution is -0.137. The molecule has 0 bridgehead atoms. The minimum atomic E-state index is -4.83. The number of benzene rings is 2. The van der Waals surface area contributed by atoms with Crippen molar-refractivity contribution in [3.8, 4) is 0 Å². The maximum atomic E-state index is 13.5. The molecule has 1 aliphatic heterocycles. The first kappa shape index (κ1) is 22.7. The van der Waals surface area contributed by atoms with Crippen molar-refractivity contribution >= 4 is 22.9 Å². The predicted octanol–water partition coefficient (Wildman–Crippen LogP) is 5.13. The second-order valence-corrected chi connectivity index (χ2v) is 6.74. The molecule has 3 rings (SSSR count). The van der Waals surface area contributed by atoms with Crippen LogP contribution in [0, 0.1) is 0 Å². The van der Waals surface area contributed by atoms with E-state index in [4.69, 9.17) is 4.74 Å². The number of allylic oxidation sites excluding steroid dienone is 1. The summed E-state index contributed by atoms with van der Waals surface area (Å²) in [4.78, 5) is 14.1. The SMILES string of the molecule is O=C(/C=C(\c1ccccc1)C(F)(F)F)Nc1cc(C(F)(F)F)ccc1N1CCOCC1. The fourth-order valence-electron chi connectivity index (χ4n) is 3.14. The number of nitrogens with one attached hydrogen (secondary N) is 1. The quantitative estimate of drug-likeness (QED) is 0.526. The number of anilines is 2. The van der Waals surface area contributed by atoms with E-state index in [-0.39, 0.29) is 16.9 Å². The van der Waals surface area contributed by atoms with Gasteiger partial charge in [-0.1, -0.05) is 30.3 Å². The standard InChI is InChI=1S/C21H18F6N2O2/c22-20(23,24)15-6-7-18(29-8-10-31-11-9-29)17(12-15)28-19(30)13-16(21(25,26)27)14-4-2-1-3-5-14/h1-7,12-13H,8-11H2,(H,28,30)/b16-13+. The molecule has 0 saturated carbocycles. The van der Waals surface area contributed by atoms with Crippen molar-refractivity contribution in [1.29, 1.82) is 0 Å². The number of morpholine rings is 1. The van der Waals surface area contributed by atoms with E-state index in [1.165, 1.54) is 36.4 Å². The van der Waals surface area contributed by atoms with Crippen molar-refractivity contribution in [2.24, 2.45) is 0 Å². The molecule has 2 aromatic carbocycles. The first-order chi connectivity index (χ1) is 14.6. The Labute approximate surface area is 174 Å². The van der Waals surface area contributed by atoms with Crippen molar-refractivity contribution in [2.75, 3.05) is 36.5 Å². The topological polar surface area (TPSA) is 41.6 Å². The van der Waals surface area contributed by atoms with Crippen LogP contribution >= 0.6 is 0 Å². The van der Waals surface area contributed by atoms with Crippen LogP contribution in [0.2, 0.25) is 0 Å². The third-order valence-electron chi connectivity index (χ3n) is 4.60. The minimum Gasteiger partial charge on any atom is -0.378 e. The van der Waals surface area contributed by atoms with Crippen LogP contribution in [0.4, 0.5) is 37.7 Å². The molecule has 4 nitrogen and oxygen atoms in total. The van der Waals surface area contributed by atoms with Gasteiger partial charge in [0, 0.05) is 19.2 Å². The molecule has 1 fully saturated rings. The predicted molar refractivity (Wildman–Crippen MR) is 104 cm³/mol. The van der Waals surface area contributed by atoms with Crippen LogP contribution in [0.25, 0.3) is 5.57 Å². The van der Waals surface area contributed by atoms with Gasteiger partial charge >= 0.3 is 12.4 Å². The normalized spacial score (nSPS) is 15.7. The van der Waals surface area contributed by atoms with Gasteiger partial charge in [-0.3, -0.25) is 4.79 Å².